The van der Waals surface area contributed by atoms with Gasteiger partial charge in [0.2, 0.25) is 0 Å². The lowest BCUT2D eigenvalue weighted by atomic mass is 9.77. The van der Waals surface area contributed by atoms with Gasteiger partial charge >= 0.3 is 0 Å². The van der Waals surface area contributed by atoms with Crippen LogP contribution in [-0.2, 0) is 4.74 Å². The molecule has 2 aliphatic heterocycles. The average molecular weight is 227 g/mol. The van der Waals surface area contributed by atoms with Gasteiger partial charge in [-0.1, -0.05) is 13.3 Å². The molecule has 2 saturated heterocycles. The maximum Gasteiger partial charge on any atom is 0.0846 e. The van der Waals surface area contributed by atoms with E-state index < -0.39 is 5.60 Å². The summed E-state index contributed by atoms with van der Waals surface area (Å²) in [7, 11) is 0. The fourth-order valence-electron chi connectivity index (χ4n) is 3.19. The Labute approximate surface area is 98.6 Å². The third-order valence-corrected chi connectivity index (χ3v) is 4.32. The maximum absolute atomic E-state index is 10.7. The summed E-state index contributed by atoms with van der Waals surface area (Å²) >= 11 is 0. The van der Waals surface area contributed by atoms with Crippen LogP contribution in [0.3, 0.4) is 0 Å². The molecule has 3 heteroatoms. The Morgan fingerprint density at radius 3 is 3.00 bits per heavy atom. The fraction of sp³-hybridized carbons (Fsp3) is 1.00. The van der Waals surface area contributed by atoms with Crippen LogP contribution in [0.5, 0.6) is 0 Å². The molecule has 4 atom stereocenters. The zero-order valence-electron chi connectivity index (χ0n) is 10.5. The first-order chi connectivity index (χ1) is 7.64. The zero-order chi connectivity index (χ0) is 11.6. The van der Waals surface area contributed by atoms with E-state index in [4.69, 9.17) is 4.74 Å². The standard InChI is InChI=1S/C13H25NO2/c1-3-11-4-6-14-12(8-11)13(15)5-7-16-10(2)9-13/h10-12,14-15H,3-9H2,1-2H3. The molecule has 0 bridgehead atoms. The van der Waals surface area contributed by atoms with Gasteiger partial charge in [-0.25, -0.2) is 0 Å². The predicted octanol–water partition coefficient (Wildman–Crippen LogP) is 1.69. The van der Waals surface area contributed by atoms with Crippen molar-refractivity contribution in [2.24, 2.45) is 5.92 Å². The zero-order valence-corrected chi connectivity index (χ0v) is 10.5. The molecule has 0 aromatic carbocycles. The summed E-state index contributed by atoms with van der Waals surface area (Å²) < 4.78 is 5.53. The van der Waals surface area contributed by atoms with Crippen LogP contribution >= 0.6 is 0 Å². The van der Waals surface area contributed by atoms with E-state index in [0.29, 0.717) is 6.61 Å². The molecule has 2 rings (SSSR count). The quantitative estimate of drug-likeness (QED) is 0.754. The van der Waals surface area contributed by atoms with E-state index >= 15 is 0 Å². The van der Waals surface area contributed by atoms with Crippen molar-refractivity contribution >= 4 is 0 Å². The van der Waals surface area contributed by atoms with Crippen molar-refractivity contribution in [2.75, 3.05) is 13.2 Å². The van der Waals surface area contributed by atoms with Gasteiger partial charge in [-0.05, 0) is 32.2 Å². The molecule has 4 unspecified atom stereocenters. The van der Waals surface area contributed by atoms with Crippen molar-refractivity contribution in [1.82, 2.24) is 5.32 Å². The summed E-state index contributed by atoms with van der Waals surface area (Å²) in [4.78, 5) is 0. The van der Waals surface area contributed by atoms with Crippen molar-refractivity contribution in [3.05, 3.63) is 0 Å². The van der Waals surface area contributed by atoms with E-state index in [1.165, 1.54) is 12.8 Å². The molecule has 16 heavy (non-hydrogen) atoms. The van der Waals surface area contributed by atoms with Gasteiger partial charge in [0.25, 0.3) is 0 Å². The number of hydrogen-bond acceptors (Lipinski definition) is 3. The van der Waals surface area contributed by atoms with Gasteiger partial charge in [0.1, 0.15) is 0 Å². The third-order valence-electron chi connectivity index (χ3n) is 4.32. The summed E-state index contributed by atoms with van der Waals surface area (Å²) in [5, 5.41) is 14.2. The lowest BCUT2D eigenvalue weighted by Crippen LogP contribution is -2.57. The van der Waals surface area contributed by atoms with Gasteiger partial charge in [-0.2, -0.15) is 0 Å². The van der Waals surface area contributed by atoms with E-state index in [9.17, 15) is 5.11 Å². The highest BCUT2D eigenvalue weighted by atomic mass is 16.5. The Kier molecular flexibility index (Phi) is 3.88. The van der Waals surface area contributed by atoms with Crippen molar-refractivity contribution < 1.29 is 9.84 Å². The number of rotatable bonds is 2. The number of piperidine rings is 1. The molecule has 0 aromatic rings. The predicted molar refractivity (Wildman–Crippen MR) is 64.4 cm³/mol. The topological polar surface area (TPSA) is 41.5 Å². The van der Waals surface area contributed by atoms with Gasteiger partial charge < -0.3 is 15.2 Å². The minimum atomic E-state index is -0.536. The second-order valence-electron chi connectivity index (χ2n) is 5.54. The van der Waals surface area contributed by atoms with E-state index in [2.05, 4.69) is 19.2 Å². The van der Waals surface area contributed by atoms with Crippen LogP contribution in [0.2, 0.25) is 0 Å². The smallest absolute Gasteiger partial charge is 0.0846 e. The molecule has 2 heterocycles. The number of aliphatic hydroxyl groups is 1. The largest absolute Gasteiger partial charge is 0.388 e. The second-order valence-corrected chi connectivity index (χ2v) is 5.54. The lowest BCUT2D eigenvalue weighted by molar-refractivity contribution is -0.120. The minimum Gasteiger partial charge on any atom is -0.388 e. The monoisotopic (exact) mass is 227 g/mol. The highest BCUT2D eigenvalue weighted by Gasteiger charge is 2.42. The van der Waals surface area contributed by atoms with Gasteiger partial charge in [0.05, 0.1) is 11.7 Å². The molecule has 0 spiro atoms. The van der Waals surface area contributed by atoms with E-state index in [1.807, 2.05) is 0 Å². The summed E-state index contributed by atoms with van der Waals surface area (Å²) in [5.74, 6) is 0.786. The molecule has 2 fully saturated rings. The van der Waals surface area contributed by atoms with Crippen molar-refractivity contribution in [2.45, 2.75) is 63.7 Å². The SMILES string of the molecule is CCC1CCNC(C2(O)CCOC(C)C2)C1. The van der Waals surface area contributed by atoms with E-state index in [1.54, 1.807) is 0 Å². The molecular formula is C13H25NO2. The van der Waals surface area contributed by atoms with Crippen molar-refractivity contribution in [1.29, 1.82) is 0 Å². The summed E-state index contributed by atoms with van der Waals surface area (Å²) in [6.45, 7) is 6.07. The van der Waals surface area contributed by atoms with Gasteiger partial charge in [0.15, 0.2) is 0 Å². The molecule has 0 aromatic heterocycles. The Morgan fingerprint density at radius 2 is 2.31 bits per heavy atom. The normalized spacial score (nSPS) is 45.6. The molecule has 94 valence electrons. The van der Waals surface area contributed by atoms with Crippen LogP contribution in [0.4, 0.5) is 0 Å². The first kappa shape index (κ1) is 12.3. The molecule has 0 amide bonds. The molecule has 0 saturated carbocycles. The molecule has 0 radical (unpaired) electrons. The summed E-state index contributed by atoms with van der Waals surface area (Å²) in [6.07, 6.45) is 5.38. The first-order valence-corrected chi connectivity index (χ1v) is 6.71. The van der Waals surface area contributed by atoms with Crippen LogP contribution < -0.4 is 5.32 Å². The van der Waals surface area contributed by atoms with E-state index in [-0.39, 0.29) is 12.1 Å². The third kappa shape index (κ3) is 2.58. The summed E-state index contributed by atoms with van der Waals surface area (Å²) in [5.41, 5.74) is -0.536. The Bertz CT molecular complexity index is 234. The molecule has 3 nitrogen and oxygen atoms in total. The Morgan fingerprint density at radius 1 is 1.50 bits per heavy atom. The average Bonchev–Trinajstić information content (AvgIpc) is 2.29. The minimum absolute atomic E-state index is 0.197. The molecular weight excluding hydrogens is 202 g/mol. The maximum atomic E-state index is 10.7. The highest BCUT2D eigenvalue weighted by molar-refractivity contribution is 4.97. The van der Waals surface area contributed by atoms with Gasteiger partial charge in [-0.15, -0.1) is 0 Å². The summed E-state index contributed by atoms with van der Waals surface area (Å²) in [6, 6.07) is 0.276. The number of hydrogen-bond donors (Lipinski definition) is 2. The van der Waals surface area contributed by atoms with Gasteiger partial charge in [0, 0.05) is 25.5 Å². The molecule has 2 N–H and O–H groups in total. The Balaban J connectivity index is 1.98. The number of nitrogens with one attached hydrogen (secondary N) is 1. The molecule has 0 aliphatic carbocycles. The van der Waals surface area contributed by atoms with Crippen molar-refractivity contribution in [3.8, 4) is 0 Å². The number of ether oxygens (including phenoxy) is 1. The van der Waals surface area contributed by atoms with Crippen LogP contribution in [0, 0.1) is 5.92 Å². The van der Waals surface area contributed by atoms with Gasteiger partial charge in [-0.3, -0.25) is 0 Å². The van der Waals surface area contributed by atoms with E-state index in [0.717, 1.165) is 31.7 Å². The highest BCUT2D eigenvalue weighted by Crippen LogP contribution is 2.33. The van der Waals surface area contributed by atoms with Crippen molar-refractivity contribution in [3.63, 3.8) is 0 Å². The van der Waals surface area contributed by atoms with Crippen LogP contribution in [0.1, 0.15) is 46.0 Å². The Hall–Kier alpha value is -0.120. The van der Waals surface area contributed by atoms with Crippen LogP contribution in [0.25, 0.3) is 0 Å². The second kappa shape index (κ2) is 5.03. The molecule has 2 aliphatic rings. The first-order valence-electron chi connectivity index (χ1n) is 6.71. The van der Waals surface area contributed by atoms with Crippen LogP contribution in [0.15, 0.2) is 0 Å². The van der Waals surface area contributed by atoms with Crippen LogP contribution in [-0.4, -0.2) is 36.0 Å². The fourth-order valence-corrected chi connectivity index (χ4v) is 3.19. The lowest BCUT2D eigenvalue weighted by Gasteiger charge is -2.45.